The van der Waals surface area contributed by atoms with Gasteiger partial charge in [-0.15, -0.1) is 0 Å². The number of alkyl halides is 1. The molecular formula is C11H13BrO. The average Bonchev–Trinajstić information content (AvgIpc) is 2.19. The van der Waals surface area contributed by atoms with E-state index in [2.05, 4.69) is 28.9 Å². The van der Waals surface area contributed by atoms with Crippen LogP contribution < -0.4 is 4.74 Å². The van der Waals surface area contributed by atoms with Gasteiger partial charge in [0.2, 0.25) is 0 Å². The Labute approximate surface area is 87.5 Å². The smallest absolute Gasteiger partial charge is 0.118 e. The Morgan fingerprint density at radius 1 is 1.38 bits per heavy atom. The first kappa shape index (κ1) is 10.3. The summed E-state index contributed by atoms with van der Waals surface area (Å²) in [5.74, 6) is 0.897. The normalized spacial score (nSPS) is 11.5. The van der Waals surface area contributed by atoms with Crippen molar-refractivity contribution < 1.29 is 4.74 Å². The quantitative estimate of drug-likeness (QED) is 0.736. The zero-order chi connectivity index (χ0) is 9.68. The number of methoxy groups -OCH3 is 1. The molecule has 0 saturated carbocycles. The van der Waals surface area contributed by atoms with E-state index in [0.29, 0.717) is 0 Å². The van der Waals surface area contributed by atoms with Crippen LogP contribution in [0.25, 0.3) is 6.08 Å². The molecule has 0 amide bonds. The molecule has 0 bridgehead atoms. The summed E-state index contributed by atoms with van der Waals surface area (Å²) in [6.07, 6.45) is 2.15. The van der Waals surface area contributed by atoms with E-state index < -0.39 is 0 Å². The van der Waals surface area contributed by atoms with Gasteiger partial charge in [-0.25, -0.2) is 0 Å². The molecule has 13 heavy (non-hydrogen) atoms. The molecule has 0 saturated heterocycles. The highest BCUT2D eigenvalue weighted by molar-refractivity contribution is 9.09. The van der Waals surface area contributed by atoms with Crippen LogP contribution in [0, 0.1) is 0 Å². The monoisotopic (exact) mass is 240 g/mol. The van der Waals surface area contributed by atoms with Gasteiger partial charge in [-0.1, -0.05) is 39.7 Å². The van der Waals surface area contributed by atoms with Gasteiger partial charge >= 0.3 is 0 Å². The van der Waals surface area contributed by atoms with Crippen LogP contribution in [0.4, 0.5) is 0 Å². The van der Waals surface area contributed by atoms with Crippen molar-refractivity contribution in [1.82, 2.24) is 0 Å². The highest BCUT2D eigenvalue weighted by atomic mass is 79.9. The number of hydrogen-bond acceptors (Lipinski definition) is 1. The molecule has 0 fully saturated rings. The van der Waals surface area contributed by atoms with Crippen LogP contribution in [0.3, 0.4) is 0 Å². The van der Waals surface area contributed by atoms with Crippen LogP contribution >= 0.6 is 15.9 Å². The second-order valence-electron chi connectivity index (χ2n) is 2.90. The Kier molecular flexibility index (Phi) is 4.03. The zero-order valence-corrected chi connectivity index (χ0v) is 9.47. The van der Waals surface area contributed by atoms with Gasteiger partial charge < -0.3 is 4.74 Å². The van der Waals surface area contributed by atoms with E-state index in [0.717, 1.165) is 11.1 Å². The Morgan fingerprint density at radius 3 is 2.46 bits per heavy atom. The van der Waals surface area contributed by atoms with Gasteiger partial charge in [0, 0.05) is 5.33 Å². The molecule has 0 radical (unpaired) electrons. The van der Waals surface area contributed by atoms with Crippen LogP contribution in [0.1, 0.15) is 12.5 Å². The molecule has 1 aromatic carbocycles. The molecule has 0 spiro atoms. The fraction of sp³-hybridized carbons (Fsp3) is 0.273. The van der Waals surface area contributed by atoms with Gasteiger partial charge in [0.15, 0.2) is 0 Å². The molecule has 0 atom stereocenters. The summed E-state index contributed by atoms with van der Waals surface area (Å²) < 4.78 is 5.07. The summed E-state index contributed by atoms with van der Waals surface area (Å²) in [6.45, 7) is 2.10. The molecule has 0 aliphatic rings. The molecule has 0 aliphatic carbocycles. The fourth-order valence-electron chi connectivity index (χ4n) is 1.02. The zero-order valence-electron chi connectivity index (χ0n) is 7.88. The van der Waals surface area contributed by atoms with Crippen molar-refractivity contribution in [3.05, 3.63) is 35.4 Å². The molecule has 70 valence electrons. The van der Waals surface area contributed by atoms with Crippen molar-refractivity contribution in [3.63, 3.8) is 0 Å². The summed E-state index contributed by atoms with van der Waals surface area (Å²) in [6, 6.07) is 8.02. The van der Waals surface area contributed by atoms with Crippen molar-refractivity contribution >= 4 is 22.0 Å². The molecule has 0 aliphatic heterocycles. The maximum Gasteiger partial charge on any atom is 0.118 e. The van der Waals surface area contributed by atoms with Crippen molar-refractivity contribution in [2.24, 2.45) is 0 Å². The topological polar surface area (TPSA) is 9.23 Å². The Hall–Kier alpha value is -0.760. The Balaban J connectivity index is 2.80. The van der Waals surface area contributed by atoms with Crippen molar-refractivity contribution in [1.29, 1.82) is 0 Å². The Bertz CT molecular complexity index is 287. The number of rotatable bonds is 3. The van der Waals surface area contributed by atoms with Crippen LogP contribution in [0.2, 0.25) is 0 Å². The third-order valence-electron chi connectivity index (χ3n) is 1.74. The number of allylic oxidation sites excluding steroid dienone is 1. The second kappa shape index (κ2) is 5.07. The van der Waals surface area contributed by atoms with Crippen LogP contribution in [0.15, 0.2) is 29.8 Å². The maximum absolute atomic E-state index is 5.07. The molecule has 1 rings (SSSR count). The van der Waals surface area contributed by atoms with Gasteiger partial charge in [0.25, 0.3) is 0 Å². The largest absolute Gasteiger partial charge is 0.497 e. The molecule has 1 nitrogen and oxygen atoms in total. The van der Waals surface area contributed by atoms with Crippen LogP contribution in [-0.2, 0) is 0 Å². The Morgan fingerprint density at radius 2 is 2.00 bits per heavy atom. The van der Waals surface area contributed by atoms with E-state index in [1.807, 2.05) is 24.3 Å². The summed E-state index contributed by atoms with van der Waals surface area (Å²) in [5, 5.41) is 0.916. The average molecular weight is 241 g/mol. The van der Waals surface area contributed by atoms with Gasteiger partial charge in [-0.2, -0.15) is 0 Å². The SMILES string of the molecule is COc1ccc(C=C(C)CBr)cc1. The molecule has 0 heterocycles. The van der Waals surface area contributed by atoms with Gasteiger partial charge in [0.05, 0.1) is 7.11 Å². The first-order valence-corrected chi connectivity index (χ1v) is 5.25. The summed E-state index contributed by atoms with van der Waals surface area (Å²) >= 11 is 3.41. The lowest BCUT2D eigenvalue weighted by molar-refractivity contribution is 0.415. The van der Waals surface area contributed by atoms with E-state index in [4.69, 9.17) is 4.74 Å². The third-order valence-corrected chi connectivity index (χ3v) is 2.62. The van der Waals surface area contributed by atoms with Crippen molar-refractivity contribution in [2.45, 2.75) is 6.92 Å². The molecule has 0 unspecified atom stereocenters. The van der Waals surface area contributed by atoms with Gasteiger partial charge in [-0.3, -0.25) is 0 Å². The standard InChI is InChI=1S/C11H13BrO/c1-9(8-12)7-10-3-5-11(13-2)6-4-10/h3-7H,8H2,1-2H3. The first-order chi connectivity index (χ1) is 6.26. The predicted octanol–water partition coefficient (Wildman–Crippen LogP) is 3.49. The van der Waals surface area contributed by atoms with Crippen LogP contribution in [0.5, 0.6) is 5.75 Å². The summed E-state index contributed by atoms with van der Waals surface area (Å²) in [4.78, 5) is 0. The number of benzene rings is 1. The minimum absolute atomic E-state index is 0.897. The minimum Gasteiger partial charge on any atom is -0.497 e. The fourth-order valence-corrected chi connectivity index (χ4v) is 1.19. The van der Waals surface area contributed by atoms with E-state index in [1.54, 1.807) is 7.11 Å². The third kappa shape index (κ3) is 3.23. The lowest BCUT2D eigenvalue weighted by Crippen LogP contribution is -1.82. The van der Waals surface area contributed by atoms with E-state index in [1.165, 1.54) is 11.1 Å². The van der Waals surface area contributed by atoms with E-state index >= 15 is 0 Å². The van der Waals surface area contributed by atoms with Crippen molar-refractivity contribution in [3.8, 4) is 5.75 Å². The first-order valence-electron chi connectivity index (χ1n) is 4.13. The lowest BCUT2D eigenvalue weighted by atomic mass is 10.1. The molecule has 1 aromatic rings. The second-order valence-corrected chi connectivity index (χ2v) is 3.46. The molecule has 0 N–H and O–H groups in total. The number of hydrogen-bond donors (Lipinski definition) is 0. The number of ether oxygens (including phenoxy) is 1. The number of halogens is 1. The lowest BCUT2D eigenvalue weighted by Gasteiger charge is -2.00. The van der Waals surface area contributed by atoms with Gasteiger partial charge in [-0.05, 0) is 24.6 Å². The highest BCUT2D eigenvalue weighted by Crippen LogP contribution is 2.14. The predicted molar refractivity (Wildman–Crippen MR) is 60.4 cm³/mol. The summed E-state index contributed by atoms with van der Waals surface area (Å²) in [5.41, 5.74) is 2.52. The van der Waals surface area contributed by atoms with E-state index in [-0.39, 0.29) is 0 Å². The van der Waals surface area contributed by atoms with Crippen LogP contribution in [-0.4, -0.2) is 12.4 Å². The van der Waals surface area contributed by atoms with Crippen molar-refractivity contribution in [2.75, 3.05) is 12.4 Å². The highest BCUT2D eigenvalue weighted by Gasteiger charge is 1.91. The minimum atomic E-state index is 0.897. The molecular weight excluding hydrogens is 228 g/mol. The maximum atomic E-state index is 5.07. The van der Waals surface area contributed by atoms with Gasteiger partial charge in [0.1, 0.15) is 5.75 Å². The van der Waals surface area contributed by atoms with E-state index in [9.17, 15) is 0 Å². The molecule has 0 aromatic heterocycles. The summed E-state index contributed by atoms with van der Waals surface area (Å²) in [7, 11) is 1.68. The molecule has 2 heteroatoms.